The van der Waals surface area contributed by atoms with Crippen molar-refractivity contribution in [3.05, 3.63) is 42.5 Å². The smallest absolute Gasteiger partial charge is 0.186 e. The monoisotopic (exact) mass is 167 g/mol. The summed E-state index contributed by atoms with van der Waals surface area (Å²) in [6.45, 7) is 0. The fraction of sp³-hybridized carbons (Fsp3) is 0. The van der Waals surface area contributed by atoms with Gasteiger partial charge in [0.1, 0.15) is 0 Å². The summed E-state index contributed by atoms with van der Waals surface area (Å²) < 4.78 is 0. The third-order valence-electron chi connectivity index (χ3n) is 1.75. The van der Waals surface area contributed by atoms with Crippen LogP contribution in [0.25, 0.3) is 10.8 Å². The van der Waals surface area contributed by atoms with Crippen molar-refractivity contribution in [1.29, 1.82) is 0 Å². The fourth-order valence-corrected chi connectivity index (χ4v) is 1.20. The Morgan fingerprint density at radius 2 is 1.50 bits per heavy atom. The van der Waals surface area contributed by atoms with E-state index in [0.29, 0.717) is 0 Å². The predicted octanol–water partition coefficient (Wildman–Crippen LogP) is 2.34. The molecule has 0 N–H and O–H groups in total. The Labute approximate surface area is 93.3 Å². The molecular weight excluding hydrogens is 159 g/mol. The molecule has 0 aliphatic rings. The molecular formula is C10H8NaO. The summed E-state index contributed by atoms with van der Waals surface area (Å²) in [6.07, 6.45) is 0. The van der Waals surface area contributed by atoms with Gasteiger partial charge < -0.3 is 0 Å². The van der Waals surface area contributed by atoms with E-state index in [9.17, 15) is 5.11 Å². The minimum Gasteiger partial charge on any atom is -0.289 e. The van der Waals surface area contributed by atoms with Gasteiger partial charge in [-0.2, -0.15) is 0 Å². The first-order valence-electron chi connectivity index (χ1n) is 3.53. The molecule has 1 nitrogen and oxygen atoms in total. The maximum Gasteiger partial charge on any atom is 0.186 e. The minimum absolute atomic E-state index is 0. The van der Waals surface area contributed by atoms with Crippen LogP contribution in [-0.4, -0.2) is 29.6 Å². The fourth-order valence-electron chi connectivity index (χ4n) is 1.20. The van der Waals surface area contributed by atoms with Crippen LogP contribution in [0.15, 0.2) is 42.5 Å². The molecule has 2 rings (SSSR count). The van der Waals surface area contributed by atoms with Crippen LogP contribution in [0.4, 0.5) is 0 Å². The number of hydrogen-bond donors (Lipinski definition) is 0. The normalized spacial score (nSPS) is 9.33. The summed E-state index contributed by atoms with van der Waals surface area (Å²) in [7, 11) is 0. The van der Waals surface area contributed by atoms with Gasteiger partial charge in [-0.25, -0.2) is 0 Å². The predicted molar refractivity (Wildman–Crippen MR) is 51.2 cm³/mol. The van der Waals surface area contributed by atoms with Crippen molar-refractivity contribution >= 4 is 40.3 Å². The molecule has 0 fully saturated rings. The van der Waals surface area contributed by atoms with E-state index in [1.165, 1.54) is 0 Å². The molecule has 2 aromatic carbocycles. The van der Waals surface area contributed by atoms with Crippen molar-refractivity contribution in [3.8, 4) is 5.75 Å². The van der Waals surface area contributed by atoms with Crippen LogP contribution in [-0.2, 0) is 5.11 Å². The molecule has 1 radical (unpaired) electrons. The molecule has 0 aromatic heterocycles. The molecule has 0 heterocycles. The molecule has 0 amide bonds. The van der Waals surface area contributed by atoms with Gasteiger partial charge in [0.05, 0.1) is 0 Å². The average molecular weight is 167 g/mol. The van der Waals surface area contributed by atoms with E-state index < -0.39 is 0 Å². The van der Waals surface area contributed by atoms with Crippen LogP contribution in [0.3, 0.4) is 0 Å². The van der Waals surface area contributed by atoms with E-state index in [4.69, 9.17) is 0 Å². The van der Waals surface area contributed by atoms with Crippen LogP contribution >= 0.6 is 0 Å². The van der Waals surface area contributed by atoms with Crippen molar-refractivity contribution < 1.29 is 5.11 Å². The Morgan fingerprint density at radius 1 is 0.833 bits per heavy atom. The molecule has 0 atom stereocenters. The van der Waals surface area contributed by atoms with Crippen LogP contribution in [0.2, 0.25) is 0 Å². The van der Waals surface area contributed by atoms with Crippen molar-refractivity contribution in [2.75, 3.05) is 0 Å². The van der Waals surface area contributed by atoms with Gasteiger partial charge in [-0.3, -0.25) is 5.11 Å². The molecule has 55 valence electrons. The molecule has 0 spiro atoms. The third kappa shape index (κ3) is 1.63. The van der Waals surface area contributed by atoms with Crippen LogP contribution < -0.4 is 0 Å². The van der Waals surface area contributed by atoms with Gasteiger partial charge in [-0.05, 0) is 11.5 Å². The Hall–Kier alpha value is -0.500. The Kier molecular flexibility index (Phi) is 3.15. The Bertz CT molecular complexity index is 379. The van der Waals surface area contributed by atoms with E-state index >= 15 is 0 Å². The number of rotatable bonds is 0. The largest absolute Gasteiger partial charge is 0.289 e. The SMILES string of the molecule is [NaH].[O]c1cccc2ccccc12. The summed E-state index contributed by atoms with van der Waals surface area (Å²) in [5, 5.41) is 13.0. The van der Waals surface area contributed by atoms with E-state index in [1.54, 1.807) is 12.1 Å². The van der Waals surface area contributed by atoms with Gasteiger partial charge in [0, 0.05) is 5.39 Å². The zero-order chi connectivity index (χ0) is 7.68. The standard InChI is InChI=1S/C10H7O.Na.H/c11-10-7-3-5-8-4-1-2-6-9(8)10;;/h1-7H;;. The van der Waals surface area contributed by atoms with Crippen molar-refractivity contribution in [2.45, 2.75) is 0 Å². The number of fused-ring (bicyclic) bond motifs is 1. The van der Waals surface area contributed by atoms with E-state index in [1.807, 2.05) is 30.3 Å². The minimum atomic E-state index is 0. The summed E-state index contributed by atoms with van der Waals surface area (Å²) in [4.78, 5) is 0. The molecule has 0 aliphatic carbocycles. The second kappa shape index (κ2) is 3.94. The van der Waals surface area contributed by atoms with Gasteiger partial charge in [0.15, 0.2) is 5.75 Å². The zero-order valence-electron chi connectivity index (χ0n) is 5.95. The molecule has 0 unspecified atom stereocenters. The van der Waals surface area contributed by atoms with Crippen LogP contribution in [0.1, 0.15) is 0 Å². The van der Waals surface area contributed by atoms with Gasteiger partial charge in [-0.1, -0.05) is 36.4 Å². The zero-order valence-corrected chi connectivity index (χ0v) is 5.95. The van der Waals surface area contributed by atoms with Crippen LogP contribution in [0, 0.1) is 0 Å². The Morgan fingerprint density at radius 3 is 2.25 bits per heavy atom. The van der Waals surface area contributed by atoms with Crippen molar-refractivity contribution in [1.82, 2.24) is 0 Å². The van der Waals surface area contributed by atoms with E-state index in [-0.39, 0.29) is 35.3 Å². The van der Waals surface area contributed by atoms with Gasteiger partial charge in [0.2, 0.25) is 0 Å². The molecule has 0 bridgehead atoms. The van der Waals surface area contributed by atoms with Crippen molar-refractivity contribution in [3.63, 3.8) is 0 Å². The number of benzene rings is 2. The Balaban J connectivity index is 0.000000720. The first-order valence-corrected chi connectivity index (χ1v) is 3.53. The van der Waals surface area contributed by atoms with Gasteiger partial charge >= 0.3 is 29.6 Å². The summed E-state index contributed by atoms with van der Waals surface area (Å²) in [5.41, 5.74) is 0. The topological polar surface area (TPSA) is 19.9 Å². The quantitative estimate of drug-likeness (QED) is 0.537. The van der Waals surface area contributed by atoms with Gasteiger partial charge in [0.25, 0.3) is 0 Å². The summed E-state index contributed by atoms with van der Waals surface area (Å²) >= 11 is 0. The van der Waals surface area contributed by atoms with Crippen molar-refractivity contribution in [2.24, 2.45) is 0 Å². The second-order valence-corrected chi connectivity index (χ2v) is 2.48. The van der Waals surface area contributed by atoms with E-state index in [2.05, 4.69) is 0 Å². The molecule has 2 aromatic rings. The van der Waals surface area contributed by atoms with Gasteiger partial charge in [-0.15, -0.1) is 0 Å². The molecule has 0 aliphatic heterocycles. The molecule has 0 saturated heterocycles. The molecule has 0 saturated carbocycles. The maximum absolute atomic E-state index is 11.2. The maximum atomic E-state index is 11.2. The molecule has 2 heteroatoms. The molecule has 12 heavy (non-hydrogen) atoms. The third-order valence-corrected chi connectivity index (χ3v) is 1.75. The number of hydrogen-bond acceptors (Lipinski definition) is 0. The second-order valence-electron chi connectivity index (χ2n) is 2.48. The van der Waals surface area contributed by atoms with E-state index in [0.717, 1.165) is 10.8 Å². The average Bonchev–Trinajstić information content (AvgIpc) is 2.06. The van der Waals surface area contributed by atoms with Crippen LogP contribution in [0.5, 0.6) is 5.75 Å². The first-order chi connectivity index (χ1) is 5.38. The summed E-state index contributed by atoms with van der Waals surface area (Å²) in [5.74, 6) is 0.100. The summed E-state index contributed by atoms with van der Waals surface area (Å²) in [6, 6.07) is 12.9. The first kappa shape index (κ1) is 9.59.